The van der Waals surface area contributed by atoms with E-state index in [0.717, 1.165) is 42.0 Å². The minimum Gasteiger partial charge on any atom is -0.357 e. The average Bonchev–Trinajstić information content (AvgIpc) is 3.21. The molecule has 3 nitrogen and oxygen atoms in total. The Morgan fingerprint density at radius 3 is 2.66 bits per heavy atom. The van der Waals surface area contributed by atoms with Crippen molar-refractivity contribution >= 4 is 28.5 Å². The zero-order chi connectivity index (χ0) is 19.8. The summed E-state index contributed by atoms with van der Waals surface area (Å²) in [6.45, 7) is 2.87. The third-order valence-corrected chi connectivity index (χ3v) is 6.75. The van der Waals surface area contributed by atoms with Crippen molar-refractivity contribution in [2.75, 3.05) is 10.2 Å². The number of carbonyl (C=O) groups excluding carboxylic acids is 1. The summed E-state index contributed by atoms with van der Waals surface area (Å²) < 4.78 is 0. The molecule has 0 saturated carbocycles. The van der Waals surface area contributed by atoms with Crippen LogP contribution in [-0.4, -0.2) is 5.78 Å². The smallest absolute Gasteiger partial charge is 0.163 e. The number of thiophene rings is 1. The van der Waals surface area contributed by atoms with Crippen molar-refractivity contribution in [2.24, 2.45) is 0 Å². The van der Waals surface area contributed by atoms with Gasteiger partial charge in [-0.05, 0) is 48.9 Å². The summed E-state index contributed by atoms with van der Waals surface area (Å²) in [7, 11) is 0. The van der Waals surface area contributed by atoms with Crippen molar-refractivity contribution in [1.82, 2.24) is 0 Å². The largest absolute Gasteiger partial charge is 0.357 e. The van der Waals surface area contributed by atoms with Crippen molar-refractivity contribution in [3.05, 3.63) is 93.3 Å². The number of para-hydroxylation sites is 2. The summed E-state index contributed by atoms with van der Waals surface area (Å²) in [5, 5.41) is 5.74. The van der Waals surface area contributed by atoms with Gasteiger partial charge in [0.2, 0.25) is 0 Å². The molecule has 3 aromatic rings. The van der Waals surface area contributed by atoms with Crippen LogP contribution in [0.15, 0.2) is 77.3 Å². The van der Waals surface area contributed by atoms with Crippen molar-refractivity contribution in [1.29, 1.82) is 0 Å². The molecule has 0 saturated heterocycles. The second-order valence-electron chi connectivity index (χ2n) is 7.84. The molecule has 0 fully saturated rings. The van der Waals surface area contributed by atoms with Crippen LogP contribution >= 0.6 is 11.3 Å². The molecule has 1 N–H and O–H groups in total. The Kier molecular flexibility index (Phi) is 4.72. The first-order chi connectivity index (χ1) is 14.2. The lowest BCUT2D eigenvalue weighted by Crippen LogP contribution is -2.32. The van der Waals surface area contributed by atoms with Crippen LogP contribution in [0, 0.1) is 6.92 Å². The van der Waals surface area contributed by atoms with Crippen LogP contribution in [0.4, 0.5) is 11.4 Å². The van der Waals surface area contributed by atoms with Crippen molar-refractivity contribution in [3.63, 3.8) is 0 Å². The molecule has 146 valence electrons. The fraction of sp³-hybridized carbons (Fsp3) is 0.240. The lowest BCUT2D eigenvalue weighted by atomic mass is 9.88. The first-order valence-electron chi connectivity index (χ1n) is 10.2. The number of hydrogen-bond donors (Lipinski definition) is 1. The molecule has 0 spiro atoms. The summed E-state index contributed by atoms with van der Waals surface area (Å²) in [5.74, 6) is 0.277. The van der Waals surface area contributed by atoms with Gasteiger partial charge in [0, 0.05) is 29.1 Å². The van der Waals surface area contributed by atoms with Gasteiger partial charge in [-0.25, -0.2) is 0 Å². The predicted molar refractivity (Wildman–Crippen MR) is 120 cm³/mol. The molecule has 1 aliphatic heterocycles. The monoisotopic (exact) mass is 400 g/mol. The first-order valence-corrected chi connectivity index (χ1v) is 11.1. The molecule has 29 heavy (non-hydrogen) atoms. The number of ketones is 1. The molecule has 0 radical (unpaired) electrons. The van der Waals surface area contributed by atoms with Crippen LogP contribution in [0.5, 0.6) is 0 Å². The Bertz CT molecular complexity index is 1070. The number of allylic oxidation sites excluding steroid dienone is 1. The molecule has 0 unspecified atom stereocenters. The lowest BCUT2D eigenvalue weighted by Gasteiger charge is -2.34. The molecule has 4 heteroatoms. The molecule has 5 rings (SSSR count). The van der Waals surface area contributed by atoms with Gasteiger partial charge in [0.1, 0.15) is 0 Å². The van der Waals surface area contributed by atoms with Gasteiger partial charge in [-0.2, -0.15) is 0 Å². The van der Waals surface area contributed by atoms with Crippen LogP contribution in [0.25, 0.3) is 0 Å². The third-order valence-electron chi connectivity index (χ3n) is 5.83. The average molecular weight is 401 g/mol. The zero-order valence-electron chi connectivity index (χ0n) is 16.5. The van der Waals surface area contributed by atoms with Gasteiger partial charge in [-0.1, -0.05) is 48.0 Å². The Morgan fingerprint density at radius 2 is 1.86 bits per heavy atom. The van der Waals surface area contributed by atoms with Crippen LogP contribution < -0.4 is 10.2 Å². The summed E-state index contributed by atoms with van der Waals surface area (Å²) in [4.78, 5) is 16.8. The van der Waals surface area contributed by atoms with Gasteiger partial charge >= 0.3 is 0 Å². The summed E-state index contributed by atoms with van der Waals surface area (Å²) >= 11 is 1.73. The van der Waals surface area contributed by atoms with Crippen LogP contribution in [-0.2, 0) is 11.3 Å². The van der Waals surface area contributed by atoms with Gasteiger partial charge in [-0.3, -0.25) is 4.79 Å². The van der Waals surface area contributed by atoms with E-state index in [4.69, 9.17) is 0 Å². The maximum absolute atomic E-state index is 13.2. The fourth-order valence-corrected chi connectivity index (χ4v) is 5.25. The highest BCUT2D eigenvalue weighted by molar-refractivity contribution is 7.10. The van der Waals surface area contributed by atoms with E-state index in [9.17, 15) is 4.79 Å². The molecule has 2 aromatic carbocycles. The summed E-state index contributed by atoms with van der Waals surface area (Å²) in [5.41, 5.74) is 6.78. The second kappa shape index (κ2) is 7.53. The standard InChI is InChI=1S/C25H24N2OS/c1-17-11-13-18(14-12-17)16-27-21-8-3-2-6-19(21)26-20-7-4-9-22(28)24(20)25(27)23-10-5-15-29-23/h2-3,5-6,8,10-15,25-26H,4,7,9,16H2,1H3/t25-/m0/s1. The summed E-state index contributed by atoms with van der Waals surface area (Å²) in [6, 6.07) is 21.3. The molecule has 0 bridgehead atoms. The number of carbonyl (C=O) groups is 1. The van der Waals surface area contributed by atoms with Crippen molar-refractivity contribution in [3.8, 4) is 0 Å². The Labute approximate surface area is 175 Å². The number of anilines is 2. The minimum absolute atomic E-state index is 0.0600. The van der Waals surface area contributed by atoms with Crippen LogP contribution in [0.2, 0.25) is 0 Å². The highest BCUT2D eigenvalue weighted by Crippen LogP contribution is 2.46. The molecular weight excluding hydrogens is 376 g/mol. The second-order valence-corrected chi connectivity index (χ2v) is 8.82. The Morgan fingerprint density at radius 1 is 1.03 bits per heavy atom. The molecule has 1 aliphatic carbocycles. The normalized spacial score (nSPS) is 18.7. The molecule has 1 atom stereocenters. The fourth-order valence-electron chi connectivity index (χ4n) is 4.41. The maximum atomic E-state index is 13.2. The van der Waals surface area contributed by atoms with Crippen LogP contribution in [0.1, 0.15) is 41.3 Å². The number of aryl methyl sites for hydroxylation is 1. The van der Waals surface area contributed by atoms with Gasteiger partial charge in [-0.15, -0.1) is 11.3 Å². The van der Waals surface area contributed by atoms with Crippen molar-refractivity contribution < 1.29 is 4.79 Å². The lowest BCUT2D eigenvalue weighted by molar-refractivity contribution is -0.116. The van der Waals surface area contributed by atoms with E-state index in [0.29, 0.717) is 6.42 Å². The number of rotatable bonds is 3. The predicted octanol–water partition coefficient (Wildman–Crippen LogP) is 6.24. The highest BCUT2D eigenvalue weighted by Gasteiger charge is 2.37. The van der Waals surface area contributed by atoms with E-state index < -0.39 is 0 Å². The van der Waals surface area contributed by atoms with Crippen molar-refractivity contribution in [2.45, 2.75) is 38.8 Å². The molecule has 2 aliphatic rings. The van der Waals surface area contributed by atoms with E-state index in [2.05, 4.69) is 83.2 Å². The van der Waals surface area contributed by atoms with Crippen LogP contribution in [0.3, 0.4) is 0 Å². The van der Waals surface area contributed by atoms with Gasteiger partial charge in [0.15, 0.2) is 5.78 Å². The van der Waals surface area contributed by atoms with E-state index in [1.807, 2.05) is 0 Å². The Hall–Kier alpha value is -2.85. The number of Topliss-reactive ketones (excluding diaryl/α,β-unsaturated/α-hetero) is 1. The van der Waals surface area contributed by atoms with Gasteiger partial charge in [0.25, 0.3) is 0 Å². The number of benzene rings is 2. The van der Waals surface area contributed by atoms with Gasteiger partial charge < -0.3 is 10.2 Å². The minimum atomic E-state index is -0.0600. The number of nitrogens with zero attached hydrogens (tertiary/aromatic N) is 1. The van der Waals surface area contributed by atoms with E-state index in [-0.39, 0.29) is 11.8 Å². The quantitative estimate of drug-likeness (QED) is 0.565. The first kappa shape index (κ1) is 18.2. The number of fused-ring (bicyclic) bond motifs is 1. The van der Waals surface area contributed by atoms with E-state index >= 15 is 0 Å². The molecular formula is C25H24N2OS. The van der Waals surface area contributed by atoms with E-state index in [1.54, 1.807) is 11.3 Å². The summed E-state index contributed by atoms with van der Waals surface area (Å²) in [6.07, 6.45) is 2.48. The van der Waals surface area contributed by atoms with E-state index in [1.165, 1.54) is 16.0 Å². The third kappa shape index (κ3) is 3.38. The molecule has 1 aromatic heterocycles. The topological polar surface area (TPSA) is 32.3 Å². The SMILES string of the molecule is Cc1ccc(CN2c3ccccc3NC3=C(C(=O)CCC3)[C@@H]2c2cccs2)cc1. The maximum Gasteiger partial charge on any atom is 0.163 e. The zero-order valence-corrected chi connectivity index (χ0v) is 17.3. The molecule has 2 heterocycles. The van der Waals surface area contributed by atoms with Gasteiger partial charge in [0.05, 0.1) is 17.4 Å². The highest BCUT2D eigenvalue weighted by atomic mass is 32.1. The number of hydrogen-bond acceptors (Lipinski definition) is 4. The number of nitrogens with one attached hydrogen (secondary N) is 1. The molecule has 0 amide bonds. The Balaban J connectivity index is 1.70.